The van der Waals surface area contributed by atoms with Crippen molar-refractivity contribution < 1.29 is 23.0 Å². The predicted molar refractivity (Wildman–Crippen MR) is 75.4 cm³/mol. The second-order valence-electron chi connectivity index (χ2n) is 4.18. The molecular weight excluding hydrogens is 280 g/mol. The SMILES string of the molecule is C#CCC(Nc1ccc(OC)cc1)C(F)(F)C(=O)OCC. The topological polar surface area (TPSA) is 47.6 Å². The predicted octanol–water partition coefficient (Wildman–Crippen LogP) is 2.70. The van der Waals surface area contributed by atoms with Crippen molar-refractivity contribution in [3.63, 3.8) is 0 Å². The maximum atomic E-state index is 14.0. The van der Waals surface area contributed by atoms with Crippen LogP contribution in [0.4, 0.5) is 14.5 Å². The molecule has 0 aromatic heterocycles. The van der Waals surface area contributed by atoms with E-state index in [4.69, 9.17) is 11.2 Å². The van der Waals surface area contributed by atoms with Gasteiger partial charge in [-0.3, -0.25) is 0 Å². The van der Waals surface area contributed by atoms with Crippen LogP contribution in [-0.4, -0.2) is 31.7 Å². The van der Waals surface area contributed by atoms with Crippen LogP contribution in [0.15, 0.2) is 24.3 Å². The maximum Gasteiger partial charge on any atom is 0.379 e. The molecule has 0 spiro atoms. The first-order valence-corrected chi connectivity index (χ1v) is 6.34. The van der Waals surface area contributed by atoms with Gasteiger partial charge in [-0.05, 0) is 31.2 Å². The number of terminal acetylenes is 1. The summed E-state index contributed by atoms with van der Waals surface area (Å²) in [4.78, 5) is 11.4. The van der Waals surface area contributed by atoms with Crippen molar-refractivity contribution in [2.75, 3.05) is 19.0 Å². The fourth-order valence-electron chi connectivity index (χ4n) is 1.65. The third kappa shape index (κ3) is 4.35. The number of carbonyl (C=O) groups is 1. The van der Waals surface area contributed by atoms with E-state index in [9.17, 15) is 13.6 Å². The minimum Gasteiger partial charge on any atom is -0.497 e. The van der Waals surface area contributed by atoms with E-state index in [2.05, 4.69) is 16.0 Å². The molecule has 1 aromatic carbocycles. The molecule has 0 aliphatic heterocycles. The van der Waals surface area contributed by atoms with Crippen molar-refractivity contribution >= 4 is 11.7 Å². The molecule has 1 atom stereocenters. The number of benzene rings is 1. The largest absolute Gasteiger partial charge is 0.497 e. The number of carbonyl (C=O) groups excluding carboxylic acids is 1. The molecule has 1 rings (SSSR count). The third-order valence-electron chi connectivity index (χ3n) is 2.74. The zero-order chi connectivity index (χ0) is 15.9. The van der Waals surface area contributed by atoms with Gasteiger partial charge in [0.15, 0.2) is 0 Å². The second kappa shape index (κ2) is 7.48. The molecule has 0 saturated heterocycles. The lowest BCUT2D eigenvalue weighted by Gasteiger charge is -2.25. The average Bonchev–Trinajstić information content (AvgIpc) is 2.47. The lowest BCUT2D eigenvalue weighted by atomic mass is 10.1. The summed E-state index contributed by atoms with van der Waals surface area (Å²) in [5.41, 5.74) is 0.403. The smallest absolute Gasteiger partial charge is 0.379 e. The summed E-state index contributed by atoms with van der Waals surface area (Å²) in [5, 5.41) is 2.56. The lowest BCUT2D eigenvalue weighted by molar-refractivity contribution is -0.173. The van der Waals surface area contributed by atoms with Gasteiger partial charge in [0, 0.05) is 12.1 Å². The monoisotopic (exact) mass is 297 g/mol. The van der Waals surface area contributed by atoms with Crippen molar-refractivity contribution in [3.05, 3.63) is 24.3 Å². The Morgan fingerprint density at radius 2 is 2.05 bits per heavy atom. The molecule has 0 aliphatic carbocycles. The molecule has 0 fully saturated rings. The van der Waals surface area contributed by atoms with Crippen LogP contribution in [0.1, 0.15) is 13.3 Å². The maximum absolute atomic E-state index is 14.0. The summed E-state index contributed by atoms with van der Waals surface area (Å²) in [7, 11) is 1.50. The average molecular weight is 297 g/mol. The van der Waals surface area contributed by atoms with E-state index >= 15 is 0 Å². The number of anilines is 1. The van der Waals surface area contributed by atoms with Gasteiger partial charge in [0.2, 0.25) is 0 Å². The normalized spacial score (nSPS) is 12.1. The Kier molecular flexibility index (Phi) is 5.97. The highest BCUT2D eigenvalue weighted by Crippen LogP contribution is 2.27. The second-order valence-corrected chi connectivity index (χ2v) is 4.18. The van der Waals surface area contributed by atoms with Crippen molar-refractivity contribution in [3.8, 4) is 18.1 Å². The van der Waals surface area contributed by atoms with Crippen LogP contribution in [0.25, 0.3) is 0 Å². The number of rotatable bonds is 7. The number of hydrogen-bond acceptors (Lipinski definition) is 4. The number of hydrogen-bond donors (Lipinski definition) is 1. The number of halogens is 2. The van der Waals surface area contributed by atoms with Crippen LogP contribution in [0.2, 0.25) is 0 Å². The highest BCUT2D eigenvalue weighted by Gasteiger charge is 2.48. The Morgan fingerprint density at radius 1 is 1.43 bits per heavy atom. The van der Waals surface area contributed by atoms with Crippen molar-refractivity contribution in [2.45, 2.75) is 25.3 Å². The summed E-state index contributed by atoms with van der Waals surface area (Å²) >= 11 is 0. The molecule has 0 aliphatic rings. The van der Waals surface area contributed by atoms with E-state index in [0.717, 1.165) is 0 Å². The zero-order valence-electron chi connectivity index (χ0n) is 11.9. The summed E-state index contributed by atoms with van der Waals surface area (Å²) < 4.78 is 37.4. The Balaban J connectivity index is 2.90. The fraction of sp³-hybridized carbons (Fsp3) is 0.400. The summed E-state index contributed by atoms with van der Waals surface area (Å²) in [6.07, 6.45) is 4.78. The Bertz CT molecular complexity index is 509. The summed E-state index contributed by atoms with van der Waals surface area (Å²) in [6, 6.07) is 4.79. The first kappa shape index (κ1) is 16.8. The standard InChI is InChI=1S/C15H17F2NO3/c1-4-6-13(15(16,17)14(19)21-5-2)18-11-7-9-12(20-3)10-8-11/h1,7-10,13,18H,5-6H2,2-3H3. The van der Waals surface area contributed by atoms with Crippen LogP contribution in [0.5, 0.6) is 5.75 Å². The van der Waals surface area contributed by atoms with Crippen molar-refractivity contribution in [1.82, 2.24) is 0 Å². The molecule has 1 unspecified atom stereocenters. The molecule has 114 valence electrons. The van der Waals surface area contributed by atoms with E-state index in [1.807, 2.05) is 0 Å². The highest BCUT2D eigenvalue weighted by molar-refractivity contribution is 5.79. The zero-order valence-corrected chi connectivity index (χ0v) is 11.9. The van der Waals surface area contributed by atoms with E-state index in [0.29, 0.717) is 11.4 Å². The molecule has 0 radical (unpaired) electrons. The molecule has 6 heteroatoms. The van der Waals surface area contributed by atoms with E-state index in [-0.39, 0.29) is 13.0 Å². The van der Waals surface area contributed by atoms with Gasteiger partial charge in [0.05, 0.1) is 13.7 Å². The minimum absolute atomic E-state index is 0.125. The summed E-state index contributed by atoms with van der Waals surface area (Å²) in [6.45, 7) is 1.33. The van der Waals surface area contributed by atoms with Gasteiger partial charge in [-0.1, -0.05) is 0 Å². The molecular formula is C15H17F2NO3. The Hall–Kier alpha value is -2.29. The van der Waals surface area contributed by atoms with Gasteiger partial charge in [0.1, 0.15) is 11.8 Å². The van der Waals surface area contributed by atoms with Crippen LogP contribution in [-0.2, 0) is 9.53 Å². The Labute approximate surface area is 122 Å². The molecule has 21 heavy (non-hydrogen) atoms. The van der Waals surface area contributed by atoms with Crippen LogP contribution < -0.4 is 10.1 Å². The molecule has 1 N–H and O–H groups in total. The van der Waals surface area contributed by atoms with Gasteiger partial charge in [-0.2, -0.15) is 8.78 Å². The van der Waals surface area contributed by atoms with E-state index in [1.165, 1.54) is 14.0 Å². The number of esters is 1. The molecule has 0 amide bonds. The number of alkyl halides is 2. The quantitative estimate of drug-likeness (QED) is 0.621. The van der Waals surface area contributed by atoms with Crippen molar-refractivity contribution in [1.29, 1.82) is 0 Å². The first-order valence-electron chi connectivity index (χ1n) is 6.34. The summed E-state index contributed by atoms with van der Waals surface area (Å²) in [5.74, 6) is -2.58. The van der Waals surface area contributed by atoms with Gasteiger partial charge in [-0.15, -0.1) is 12.3 Å². The third-order valence-corrected chi connectivity index (χ3v) is 2.74. The molecule has 4 nitrogen and oxygen atoms in total. The molecule has 0 saturated carbocycles. The number of nitrogens with one attached hydrogen (secondary N) is 1. The van der Waals surface area contributed by atoms with Gasteiger partial charge >= 0.3 is 11.9 Å². The van der Waals surface area contributed by atoms with Crippen molar-refractivity contribution in [2.24, 2.45) is 0 Å². The minimum atomic E-state index is -3.72. The van der Waals surface area contributed by atoms with E-state index in [1.54, 1.807) is 24.3 Å². The van der Waals surface area contributed by atoms with Gasteiger partial charge in [0.25, 0.3) is 0 Å². The first-order chi connectivity index (χ1) is 9.95. The van der Waals surface area contributed by atoms with Gasteiger partial charge < -0.3 is 14.8 Å². The number of methoxy groups -OCH3 is 1. The Morgan fingerprint density at radius 3 is 2.52 bits per heavy atom. The number of ether oxygens (including phenoxy) is 2. The lowest BCUT2D eigenvalue weighted by Crippen LogP contribution is -2.47. The highest BCUT2D eigenvalue weighted by atomic mass is 19.3. The van der Waals surface area contributed by atoms with Crippen LogP contribution in [0, 0.1) is 12.3 Å². The van der Waals surface area contributed by atoms with Crippen LogP contribution in [0.3, 0.4) is 0 Å². The molecule has 0 bridgehead atoms. The van der Waals surface area contributed by atoms with Gasteiger partial charge in [-0.25, -0.2) is 4.79 Å². The van der Waals surface area contributed by atoms with E-state index < -0.39 is 17.9 Å². The van der Waals surface area contributed by atoms with Crippen LogP contribution >= 0.6 is 0 Å². The molecule has 1 aromatic rings. The molecule has 0 heterocycles. The fourth-order valence-corrected chi connectivity index (χ4v) is 1.65.